The first-order chi connectivity index (χ1) is 23.4. The van der Waals surface area contributed by atoms with Crippen molar-refractivity contribution in [2.75, 3.05) is 24.5 Å². The van der Waals surface area contributed by atoms with Gasteiger partial charge >= 0.3 is 0 Å². The average Bonchev–Trinajstić information content (AvgIpc) is 3.79. The molecule has 8 heteroatoms. The summed E-state index contributed by atoms with van der Waals surface area (Å²) < 4.78 is 6.03. The van der Waals surface area contributed by atoms with Gasteiger partial charge in [0.25, 0.3) is 5.91 Å². The summed E-state index contributed by atoms with van der Waals surface area (Å²) >= 11 is 6.16. The fourth-order valence-corrected chi connectivity index (χ4v) is 7.71. The molecule has 2 aliphatic heterocycles. The van der Waals surface area contributed by atoms with E-state index in [2.05, 4.69) is 34.5 Å². The minimum Gasteiger partial charge on any atom is -0.451 e. The number of carbonyl (C=O) groups excluding carboxylic acids is 2. The van der Waals surface area contributed by atoms with Crippen LogP contribution in [-0.4, -0.2) is 42.4 Å². The van der Waals surface area contributed by atoms with Crippen LogP contribution in [-0.2, 0) is 17.8 Å². The number of anilines is 1. The number of hydrogen-bond donors (Lipinski definition) is 1. The van der Waals surface area contributed by atoms with Crippen molar-refractivity contribution in [3.05, 3.63) is 122 Å². The van der Waals surface area contributed by atoms with E-state index in [1.165, 1.54) is 41.3 Å². The molecule has 3 fully saturated rings. The number of para-hydroxylation sites is 1. The number of hydrogen-bond acceptors (Lipinski definition) is 5. The maximum Gasteiger partial charge on any atom is 0.287 e. The highest BCUT2D eigenvalue weighted by Crippen LogP contribution is 2.35. The Bertz CT molecular complexity index is 1880. The number of nitrogens with one attached hydrogen (secondary N) is 1. The van der Waals surface area contributed by atoms with Gasteiger partial charge in [-0.25, -0.2) is 0 Å². The van der Waals surface area contributed by atoms with Crippen LogP contribution < -0.4 is 15.6 Å². The van der Waals surface area contributed by atoms with E-state index in [1.54, 1.807) is 0 Å². The molecule has 0 unspecified atom stereocenters. The second kappa shape index (κ2) is 14.4. The summed E-state index contributed by atoms with van der Waals surface area (Å²) in [4.78, 5) is 43.5. The first kappa shape index (κ1) is 32.2. The second-order valence-electron chi connectivity index (χ2n) is 13.5. The van der Waals surface area contributed by atoms with Gasteiger partial charge in [-0.05, 0) is 91.5 Å². The first-order valence-corrected chi connectivity index (χ1v) is 17.7. The van der Waals surface area contributed by atoms with Gasteiger partial charge in [0.2, 0.25) is 5.91 Å². The zero-order chi connectivity index (χ0) is 33.0. The van der Waals surface area contributed by atoms with Gasteiger partial charge in [0.1, 0.15) is 5.58 Å². The number of halogens is 1. The molecule has 1 saturated carbocycles. The highest BCUT2D eigenvalue weighted by atomic mass is 35.5. The van der Waals surface area contributed by atoms with Gasteiger partial charge in [-0.2, -0.15) is 0 Å². The van der Waals surface area contributed by atoms with Gasteiger partial charge in [-0.1, -0.05) is 72.5 Å². The Labute approximate surface area is 286 Å². The molecular formula is C40H42ClN3O4. The van der Waals surface area contributed by atoms with Gasteiger partial charge in [0.05, 0.1) is 11.4 Å². The Morgan fingerprint density at radius 3 is 2.44 bits per heavy atom. The molecule has 3 aromatic carbocycles. The van der Waals surface area contributed by atoms with E-state index in [-0.39, 0.29) is 23.1 Å². The van der Waals surface area contributed by atoms with Crippen molar-refractivity contribution in [2.24, 2.45) is 0 Å². The van der Waals surface area contributed by atoms with E-state index >= 15 is 0 Å². The molecule has 3 aliphatic rings. The standard InChI is InChI=1S/C40H42ClN3O4/c41-32-14-11-27(12-15-32)22-33(42-40(47)38-25-36(45)34-24-30(13-16-37(34)48-38)29-6-1-2-7-29)23-28-17-20-43(21-18-28)35-9-4-3-8-31(35)26-44-19-5-10-39(44)46/h3-4,8-9,11-16,23-25,29,33H,1-2,5-7,10,17-22,26H2,(H,42,47)/t33-/m0/s1. The molecule has 0 radical (unpaired) electrons. The number of nitrogens with zero attached hydrogens (tertiary/aromatic N) is 2. The van der Waals surface area contributed by atoms with Gasteiger partial charge in [-0.15, -0.1) is 0 Å². The van der Waals surface area contributed by atoms with Crippen LogP contribution in [0.3, 0.4) is 0 Å². The normalized spacial score (nSPS) is 17.7. The zero-order valence-electron chi connectivity index (χ0n) is 27.3. The molecule has 0 spiro atoms. The number of amides is 2. The Hall–Kier alpha value is -4.36. The van der Waals surface area contributed by atoms with Crippen LogP contribution in [0.4, 0.5) is 5.69 Å². The molecule has 248 valence electrons. The van der Waals surface area contributed by atoms with Crippen LogP contribution in [0.1, 0.15) is 84.5 Å². The third-order valence-corrected chi connectivity index (χ3v) is 10.4. The number of benzene rings is 3. The number of rotatable bonds is 9. The number of carbonyl (C=O) groups is 2. The summed E-state index contributed by atoms with van der Waals surface area (Å²) in [5.41, 5.74) is 6.10. The van der Waals surface area contributed by atoms with Crippen LogP contribution >= 0.6 is 11.6 Å². The Morgan fingerprint density at radius 1 is 0.917 bits per heavy atom. The highest BCUT2D eigenvalue weighted by Gasteiger charge is 2.25. The summed E-state index contributed by atoms with van der Waals surface area (Å²) in [6.45, 7) is 3.17. The van der Waals surface area contributed by atoms with Gasteiger partial charge in [0.15, 0.2) is 11.2 Å². The maximum absolute atomic E-state index is 13.6. The third kappa shape index (κ3) is 7.36. The molecule has 48 heavy (non-hydrogen) atoms. The van der Waals surface area contributed by atoms with Crippen molar-refractivity contribution in [1.82, 2.24) is 10.2 Å². The molecule has 7 rings (SSSR count). The SMILES string of the molecule is O=C(N[C@H](C=C1CCN(c2ccccc2CN2CCCC2=O)CC1)Cc1ccc(Cl)cc1)c1cc(=O)c2cc(C3CCCC3)ccc2o1. The lowest BCUT2D eigenvalue weighted by molar-refractivity contribution is -0.128. The molecule has 2 amide bonds. The van der Waals surface area contributed by atoms with Crippen LogP contribution in [0.2, 0.25) is 5.02 Å². The molecule has 0 bridgehead atoms. The van der Waals surface area contributed by atoms with Crippen molar-refractivity contribution >= 4 is 40.1 Å². The van der Waals surface area contributed by atoms with E-state index in [1.807, 2.05) is 53.4 Å². The van der Waals surface area contributed by atoms with Crippen molar-refractivity contribution in [3.63, 3.8) is 0 Å². The molecule has 1 N–H and O–H groups in total. The molecule has 1 aromatic heterocycles. The van der Waals surface area contributed by atoms with E-state index in [9.17, 15) is 14.4 Å². The smallest absolute Gasteiger partial charge is 0.287 e. The lowest BCUT2D eigenvalue weighted by atomic mass is 9.96. The summed E-state index contributed by atoms with van der Waals surface area (Å²) in [6, 6.07) is 22.9. The largest absolute Gasteiger partial charge is 0.451 e. The van der Waals surface area contributed by atoms with E-state index in [0.717, 1.165) is 57.3 Å². The van der Waals surface area contributed by atoms with Crippen LogP contribution in [0.25, 0.3) is 11.0 Å². The predicted molar refractivity (Wildman–Crippen MR) is 191 cm³/mol. The van der Waals surface area contributed by atoms with Crippen LogP contribution in [0, 0.1) is 0 Å². The molecule has 3 heterocycles. The zero-order valence-corrected chi connectivity index (χ0v) is 28.0. The van der Waals surface area contributed by atoms with E-state index < -0.39 is 5.91 Å². The van der Waals surface area contributed by atoms with Crippen molar-refractivity contribution in [3.8, 4) is 0 Å². The highest BCUT2D eigenvalue weighted by molar-refractivity contribution is 6.30. The fraction of sp³-hybridized carbons (Fsp3) is 0.375. The predicted octanol–water partition coefficient (Wildman–Crippen LogP) is 7.79. The number of likely N-dealkylation sites (tertiary alicyclic amines) is 1. The quantitative estimate of drug-likeness (QED) is 0.185. The minimum atomic E-state index is -0.410. The Balaban J connectivity index is 1.07. The fourth-order valence-electron chi connectivity index (χ4n) is 7.58. The monoisotopic (exact) mass is 663 g/mol. The van der Waals surface area contributed by atoms with E-state index in [0.29, 0.717) is 41.3 Å². The van der Waals surface area contributed by atoms with Crippen molar-refractivity contribution in [2.45, 2.75) is 76.3 Å². The molecule has 1 aliphatic carbocycles. The number of piperidine rings is 1. The maximum atomic E-state index is 13.6. The van der Waals surface area contributed by atoms with Gasteiger partial charge in [0, 0.05) is 49.4 Å². The van der Waals surface area contributed by atoms with Gasteiger partial charge < -0.3 is 19.5 Å². The van der Waals surface area contributed by atoms with E-state index in [4.69, 9.17) is 16.0 Å². The molecular weight excluding hydrogens is 622 g/mol. The third-order valence-electron chi connectivity index (χ3n) is 10.2. The Kier molecular flexibility index (Phi) is 9.66. The van der Waals surface area contributed by atoms with Gasteiger partial charge in [-0.3, -0.25) is 14.4 Å². The first-order valence-electron chi connectivity index (χ1n) is 17.3. The Morgan fingerprint density at radius 2 is 1.69 bits per heavy atom. The summed E-state index contributed by atoms with van der Waals surface area (Å²) in [5.74, 6) is 0.329. The molecule has 1 atom stereocenters. The topological polar surface area (TPSA) is 82.9 Å². The average molecular weight is 664 g/mol. The summed E-state index contributed by atoms with van der Waals surface area (Å²) in [5, 5.41) is 4.34. The summed E-state index contributed by atoms with van der Waals surface area (Å²) in [7, 11) is 0. The van der Waals surface area contributed by atoms with Crippen molar-refractivity contribution < 1.29 is 14.0 Å². The van der Waals surface area contributed by atoms with Crippen LogP contribution in [0.5, 0.6) is 0 Å². The lowest BCUT2D eigenvalue weighted by Gasteiger charge is -2.33. The molecule has 7 nitrogen and oxygen atoms in total. The molecule has 2 saturated heterocycles. The second-order valence-corrected chi connectivity index (χ2v) is 13.9. The number of fused-ring (bicyclic) bond motifs is 1. The lowest BCUT2D eigenvalue weighted by Crippen LogP contribution is -2.37. The molecule has 4 aromatic rings. The van der Waals surface area contributed by atoms with Crippen molar-refractivity contribution in [1.29, 1.82) is 0 Å². The summed E-state index contributed by atoms with van der Waals surface area (Å²) in [6.07, 6.45) is 10.8. The minimum absolute atomic E-state index is 0.0172. The van der Waals surface area contributed by atoms with Crippen LogP contribution in [0.15, 0.2) is 93.7 Å².